The van der Waals surface area contributed by atoms with Gasteiger partial charge in [0.1, 0.15) is 0 Å². The van der Waals surface area contributed by atoms with Crippen molar-refractivity contribution in [2.75, 3.05) is 19.6 Å². The first-order valence-corrected chi connectivity index (χ1v) is 9.27. The third kappa shape index (κ3) is 4.39. The molecule has 0 aliphatic rings. The Balaban J connectivity index is 2.17. The Bertz CT molecular complexity index is 688. The lowest BCUT2D eigenvalue weighted by molar-refractivity contribution is 0.421. The molecule has 0 bridgehead atoms. The van der Waals surface area contributed by atoms with Crippen molar-refractivity contribution in [2.45, 2.75) is 11.3 Å². The smallest absolute Gasteiger partial charge is 0.243 e. The zero-order valence-electron chi connectivity index (χ0n) is 12.2. The van der Waals surface area contributed by atoms with Gasteiger partial charge in [0.05, 0.1) is 4.90 Å². The number of nitrogens with two attached hydrogens (primary N) is 1. The van der Waals surface area contributed by atoms with E-state index < -0.39 is 10.0 Å². The van der Waals surface area contributed by atoms with Crippen LogP contribution in [0.5, 0.6) is 0 Å². The maximum Gasteiger partial charge on any atom is 0.243 e. The molecule has 0 aliphatic carbocycles. The third-order valence-corrected chi connectivity index (χ3v) is 5.76. The summed E-state index contributed by atoms with van der Waals surface area (Å²) >= 11 is 3.31. The molecule has 0 amide bonds. The van der Waals surface area contributed by atoms with Crippen LogP contribution in [0.3, 0.4) is 0 Å². The SMILES string of the molecule is NCCN(CCc1ccccc1)S(=O)(=O)c1ccc(Br)cc1. The van der Waals surface area contributed by atoms with Crippen LogP contribution >= 0.6 is 15.9 Å². The van der Waals surface area contributed by atoms with E-state index >= 15 is 0 Å². The van der Waals surface area contributed by atoms with Crippen molar-refractivity contribution in [3.8, 4) is 0 Å². The van der Waals surface area contributed by atoms with Crippen molar-refractivity contribution < 1.29 is 8.42 Å². The monoisotopic (exact) mass is 382 g/mol. The topological polar surface area (TPSA) is 63.4 Å². The number of benzene rings is 2. The second-order valence-corrected chi connectivity index (χ2v) is 7.74. The van der Waals surface area contributed by atoms with Gasteiger partial charge in [0.25, 0.3) is 0 Å². The average Bonchev–Trinajstić information content (AvgIpc) is 2.52. The lowest BCUT2D eigenvalue weighted by atomic mass is 10.1. The van der Waals surface area contributed by atoms with E-state index in [0.717, 1.165) is 10.0 Å². The molecule has 0 spiro atoms. The molecular weight excluding hydrogens is 364 g/mol. The molecule has 0 fully saturated rings. The van der Waals surface area contributed by atoms with Crippen LogP contribution in [-0.2, 0) is 16.4 Å². The van der Waals surface area contributed by atoms with Crippen molar-refractivity contribution in [1.29, 1.82) is 0 Å². The number of nitrogens with zero attached hydrogens (tertiary/aromatic N) is 1. The maximum absolute atomic E-state index is 12.7. The highest BCUT2D eigenvalue weighted by Gasteiger charge is 2.23. The summed E-state index contributed by atoms with van der Waals surface area (Å²) in [4.78, 5) is 0.289. The molecule has 118 valence electrons. The highest BCUT2D eigenvalue weighted by molar-refractivity contribution is 9.10. The molecule has 6 heteroatoms. The van der Waals surface area contributed by atoms with E-state index in [1.807, 2.05) is 30.3 Å². The molecule has 22 heavy (non-hydrogen) atoms. The Morgan fingerprint density at radius 2 is 1.59 bits per heavy atom. The van der Waals surface area contributed by atoms with Crippen molar-refractivity contribution >= 4 is 26.0 Å². The maximum atomic E-state index is 12.7. The standard InChI is InChI=1S/C16H19BrN2O2S/c17-15-6-8-16(9-7-15)22(20,21)19(13-11-18)12-10-14-4-2-1-3-5-14/h1-9H,10-13,18H2. The summed E-state index contributed by atoms with van der Waals surface area (Å²) in [5.41, 5.74) is 6.69. The minimum absolute atomic E-state index is 0.289. The van der Waals surface area contributed by atoms with E-state index in [9.17, 15) is 8.42 Å². The molecule has 0 saturated carbocycles. The van der Waals surface area contributed by atoms with Gasteiger partial charge < -0.3 is 5.73 Å². The molecular formula is C16H19BrN2O2S. The molecule has 4 nitrogen and oxygen atoms in total. The van der Waals surface area contributed by atoms with Gasteiger partial charge in [0, 0.05) is 24.1 Å². The highest BCUT2D eigenvalue weighted by Crippen LogP contribution is 2.19. The van der Waals surface area contributed by atoms with Crippen molar-refractivity contribution in [1.82, 2.24) is 4.31 Å². The number of rotatable bonds is 7. The average molecular weight is 383 g/mol. The fourth-order valence-corrected chi connectivity index (χ4v) is 3.87. The quantitative estimate of drug-likeness (QED) is 0.800. The first-order valence-electron chi connectivity index (χ1n) is 7.04. The van der Waals surface area contributed by atoms with Crippen LogP contribution in [-0.4, -0.2) is 32.4 Å². The Morgan fingerprint density at radius 3 is 2.18 bits per heavy atom. The van der Waals surface area contributed by atoms with E-state index in [-0.39, 0.29) is 4.90 Å². The minimum Gasteiger partial charge on any atom is -0.329 e. The second kappa shape index (κ2) is 7.87. The summed E-state index contributed by atoms with van der Waals surface area (Å²) < 4.78 is 27.7. The summed E-state index contributed by atoms with van der Waals surface area (Å²) in [6, 6.07) is 16.5. The van der Waals surface area contributed by atoms with Crippen molar-refractivity contribution in [3.05, 3.63) is 64.6 Å². The predicted molar refractivity (Wildman–Crippen MR) is 92.1 cm³/mol. The van der Waals surface area contributed by atoms with E-state index in [1.165, 1.54) is 4.31 Å². The van der Waals surface area contributed by atoms with Crippen LogP contribution in [0.4, 0.5) is 0 Å². The van der Waals surface area contributed by atoms with Gasteiger partial charge in [-0.15, -0.1) is 0 Å². The molecule has 0 aliphatic heterocycles. The van der Waals surface area contributed by atoms with Crippen LogP contribution < -0.4 is 5.73 Å². The van der Waals surface area contributed by atoms with E-state index in [1.54, 1.807) is 24.3 Å². The van der Waals surface area contributed by atoms with Crippen molar-refractivity contribution in [3.63, 3.8) is 0 Å². The molecule has 0 aromatic heterocycles. The second-order valence-electron chi connectivity index (χ2n) is 4.88. The number of hydrogen-bond donors (Lipinski definition) is 1. The number of hydrogen-bond acceptors (Lipinski definition) is 3. The Hall–Kier alpha value is -1.21. The lowest BCUT2D eigenvalue weighted by Crippen LogP contribution is -2.36. The largest absolute Gasteiger partial charge is 0.329 e. The lowest BCUT2D eigenvalue weighted by Gasteiger charge is -2.21. The Labute approximate surface area is 140 Å². The van der Waals surface area contributed by atoms with Crippen molar-refractivity contribution in [2.24, 2.45) is 5.73 Å². The summed E-state index contributed by atoms with van der Waals surface area (Å²) in [6.07, 6.45) is 0.663. The normalized spacial score (nSPS) is 11.8. The fraction of sp³-hybridized carbons (Fsp3) is 0.250. The van der Waals surface area contributed by atoms with Crippen LogP contribution in [0.1, 0.15) is 5.56 Å². The predicted octanol–water partition coefficient (Wildman–Crippen LogP) is 2.64. The zero-order valence-corrected chi connectivity index (χ0v) is 14.6. The van der Waals surface area contributed by atoms with E-state index in [0.29, 0.717) is 26.1 Å². The summed E-state index contributed by atoms with van der Waals surface area (Å²) in [5, 5.41) is 0. The van der Waals surface area contributed by atoms with Crippen LogP contribution in [0.2, 0.25) is 0 Å². The minimum atomic E-state index is -3.52. The first-order chi connectivity index (χ1) is 10.5. The molecule has 2 rings (SSSR count). The summed E-state index contributed by atoms with van der Waals surface area (Å²) in [7, 11) is -3.52. The molecule has 2 aromatic rings. The Kier molecular flexibility index (Phi) is 6.14. The van der Waals surface area contributed by atoms with E-state index in [2.05, 4.69) is 15.9 Å². The van der Waals surface area contributed by atoms with Gasteiger partial charge in [-0.2, -0.15) is 4.31 Å². The number of sulfonamides is 1. The molecule has 2 N–H and O–H groups in total. The van der Waals surface area contributed by atoms with Crippen LogP contribution in [0.15, 0.2) is 64.0 Å². The fourth-order valence-electron chi connectivity index (χ4n) is 2.15. The van der Waals surface area contributed by atoms with E-state index in [4.69, 9.17) is 5.73 Å². The molecule has 0 atom stereocenters. The zero-order chi connectivity index (χ0) is 16.0. The van der Waals surface area contributed by atoms with Gasteiger partial charge in [-0.3, -0.25) is 0 Å². The summed E-state index contributed by atoms with van der Waals surface area (Å²) in [6.45, 7) is 1.02. The van der Waals surface area contributed by atoms with Crippen LogP contribution in [0.25, 0.3) is 0 Å². The van der Waals surface area contributed by atoms with Gasteiger partial charge in [-0.25, -0.2) is 8.42 Å². The van der Waals surface area contributed by atoms with Gasteiger partial charge >= 0.3 is 0 Å². The molecule has 0 saturated heterocycles. The molecule has 2 aromatic carbocycles. The van der Waals surface area contributed by atoms with Gasteiger partial charge in [-0.05, 0) is 36.2 Å². The molecule has 0 heterocycles. The van der Waals surface area contributed by atoms with Gasteiger partial charge in [0.15, 0.2) is 0 Å². The molecule has 0 radical (unpaired) electrons. The number of halogens is 1. The van der Waals surface area contributed by atoms with Crippen LogP contribution in [0, 0.1) is 0 Å². The summed E-state index contributed by atoms with van der Waals surface area (Å²) in [5.74, 6) is 0. The third-order valence-electron chi connectivity index (χ3n) is 3.32. The highest BCUT2D eigenvalue weighted by atomic mass is 79.9. The molecule has 0 unspecified atom stereocenters. The van der Waals surface area contributed by atoms with Gasteiger partial charge in [-0.1, -0.05) is 46.3 Å². The van der Waals surface area contributed by atoms with Gasteiger partial charge in [0.2, 0.25) is 10.0 Å². The first kappa shape index (κ1) is 17.1. The Morgan fingerprint density at radius 1 is 0.955 bits per heavy atom.